The van der Waals surface area contributed by atoms with Crippen LogP contribution in [0.4, 0.5) is 0 Å². The van der Waals surface area contributed by atoms with Crippen LogP contribution in [0.3, 0.4) is 0 Å². The summed E-state index contributed by atoms with van der Waals surface area (Å²) in [6.07, 6.45) is 2.64. The molecule has 1 aromatic heterocycles. The summed E-state index contributed by atoms with van der Waals surface area (Å²) in [5, 5.41) is 12.0. The molecule has 0 aliphatic carbocycles. The molecule has 1 atom stereocenters. The monoisotopic (exact) mass is 229 g/mol. The minimum atomic E-state index is -0.533. The molecule has 1 heterocycles. The molecule has 0 radical (unpaired) electrons. The summed E-state index contributed by atoms with van der Waals surface area (Å²) in [6.45, 7) is 2.04. The summed E-state index contributed by atoms with van der Waals surface area (Å²) in [7, 11) is 0. The zero-order chi connectivity index (χ0) is 11.3. The van der Waals surface area contributed by atoms with Gasteiger partial charge in [-0.25, -0.2) is 9.97 Å². The third-order valence-corrected chi connectivity index (χ3v) is 2.02. The molecule has 1 rings (SSSR count). The van der Waals surface area contributed by atoms with Gasteiger partial charge < -0.3 is 10.4 Å². The smallest absolute Gasteiger partial charge is 0.271 e. The molecule has 0 bridgehead atoms. The van der Waals surface area contributed by atoms with Gasteiger partial charge in [-0.2, -0.15) is 0 Å². The van der Waals surface area contributed by atoms with Crippen LogP contribution in [0.2, 0.25) is 5.15 Å². The van der Waals surface area contributed by atoms with E-state index >= 15 is 0 Å². The number of nitrogens with zero attached hydrogens (tertiary/aromatic N) is 2. The van der Waals surface area contributed by atoms with E-state index in [-0.39, 0.29) is 23.3 Å². The van der Waals surface area contributed by atoms with Crippen molar-refractivity contribution in [3.63, 3.8) is 0 Å². The van der Waals surface area contributed by atoms with E-state index in [9.17, 15) is 9.90 Å². The fourth-order valence-corrected chi connectivity index (χ4v) is 0.973. The normalized spacial score (nSPS) is 12.2. The molecule has 0 spiro atoms. The molecule has 0 saturated carbocycles. The maximum atomic E-state index is 11.4. The highest BCUT2D eigenvalue weighted by Gasteiger charge is 2.09. The number of aromatic nitrogens is 2. The summed E-state index contributed by atoms with van der Waals surface area (Å²) in [5.41, 5.74) is 0.183. The molecule has 0 aliphatic heterocycles. The van der Waals surface area contributed by atoms with Crippen molar-refractivity contribution >= 4 is 17.5 Å². The topological polar surface area (TPSA) is 75.1 Å². The third kappa shape index (κ3) is 3.81. The summed E-state index contributed by atoms with van der Waals surface area (Å²) in [5.74, 6) is -0.369. The van der Waals surface area contributed by atoms with Crippen molar-refractivity contribution in [1.82, 2.24) is 15.3 Å². The molecule has 0 aromatic carbocycles. The van der Waals surface area contributed by atoms with E-state index in [1.807, 2.05) is 6.92 Å². The van der Waals surface area contributed by atoms with Gasteiger partial charge in [0.2, 0.25) is 0 Å². The molecule has 0 saturated heterocycles. The van der Waals surface area contributed by atoms with Gasteiger partial charge in [0.25, 0.3) is 5.91 Å². The van der Waals surface area contributed by atoms with Crippen LogP contribution in [0, 0.1) is 0 Å². The van der Waals surface area contributed by atoms with Crippen molar-refractivity contribution < 1.29 is 9.90 Å². The number of rotatable bonds is 4. The average Bonchev–Trinajstić information content (AvgIpc) is 2.26. The van der Waals surface area contributed by atoms with Crippen molar-refractivity contribution in [3.8, 4) is 0 Å². The zero-order valence-corrected chi connectivity index (χ0v) is 9.03. The second-order valence-electron chi connectivity index (χ2n) is 3.00. The molecular weight excluding hydrogens is 218 g/mol. The van der Waals surface area contributed by atoms with Crippen molar-refractivity contribution in [2.75, 3.05) is 6.54 Å². The lowest BCUT2D eigenvalue weighted by Gasteiger charge is -2.08. The Balaban J connectivity index is 2.50. The van der Waals surface area contributed by atoms with Gasteiger partial charge in [0.05, 0.1) is 18.5 Å². The predicted molar refractivity (Wildman–Crippen MR) is 55.7 cm³/mol. The second-order valence-corrected chi connectivity index (χ2v) is 3.38. The van der Waals surface area contributed by atoms with Crippen LogP contribution in [0.5, 0.6) is 0 Å². The van der Waals surface area contributed by atoms with E-state index in [0.29, 0.717) is 6.42 Å². The van der Waals surface area contributed by atoms with Gasteiger partial charge in [-0.1, -0.05) is 18.5 Å². The van der Waals surface area contributed by atoms with E-state index in [4.69, 9.17) is 11.6 Å². The number of carbonyl (C=O) groups is 1. The van der Waals surface area contributed by atoms with E-state index in [0.717, 1.165) is 0 Å². The highest BCUT2D eigenvalue weighted by atomic mass is 35.5. The van der Waals surface area contributed by atoms with Gasteiger partial charge in [0.15, 0.2) is 0 Å². The standard InChI is InChI=1S/C9H12ClN3O2/c1-2-6(14)3-13-9(15)7-4-12-8(10)5-11-7/h4-6,14H,2-3H2,1H3,(H,13,15). The quantitative estimate of drug-likeness (QED) is 0.794. The number of nitrogens with one attached hydrogen (secondary N) is 1. The van der Waals surface area contributed by atoms with Crippen LogP contribution in [0.1, 0.15) is 23.8 Å². The SMILES string of the molecule is CCC(O)CNC(=O)c1cnc(Cl)cn1. The first-order valence-corrected chi connectivity index (χ1v) is 4.95. The molecule has 5 nitrogen and oxygen atoms in total. The Morgan fingerprint density at radius 3 is 2.87 bits per heavy atom. The Labute approximate surface area is 92.5 Å². The Kier molecular flexibility index (Phi) is 4.45. The Morgan fingerprint density at radius 2 is 2.33 bits per heavy atom. The Hall–Kier alpha value is -1.20. The van der Waals surface area contributed by atoms with Crippen LogP contribution in [0.25, 0.3) is 0 Å². The molecule has 6 heteroatoms. The van der Waals surface area contributed by atoms with Crippen LogP contribution >= 0.6 is 11.6 Å². The van der Waals surface area contributed by atoms with Gasteiger partial charge in [-0.05, 0) is 6.42 Å². The lowest BCUT2D eigenvalue weighted by molar-refractivity contribution is 0.0908. The molecule has 1 aromatic rings. The van der Waals surface area contributed by atoms with Crippen molar-refractivity contribution in [1.29, 1.82) is 0 Å². The van der Waals surface area contributed by atoms with E-state index in [1.165, 1.54) is 12.4 Å². The highest BCUT2D eigenvalue weighted by molar-refractivity contribution is 6.29. The first kappa shape index (κ1) is 11.9. The van der Waals surface area contributed by atoms with E-state index in [1.54, 1.807) is 0 Å². The van der Waals surface area contributed by atoms with Gasteiger partial charge in [-0.3, -0.25) is 4.79 Å². The van der Waals surface area contributed by atoms with Crippen LogP contribution < -0.4 is 5.32 Å². The third-order valence-electron chi connectivity index (χ3n) is 1.82. The number of amides is 1. The van der Waals surface area contributed by atoms with Gasteiger partial charge in [-0.15, -0.1) is 0 Å². The van der Waals surface area contributed by atoms with Crippen LogP contribution in [-0.4, -0.2) is 33.6 Å². The molecule has 82 valence electrons. The first-order chi connectivity index (χ1) is 7.13. The van der Waals surface area contributed by atoms with Crippen LogP contribution in [-0.2, 0) is 0 Å². The number of carbonyl (C=O) groups excluding carboxylic acids is 1. The molecule has 1 unspecified atom stereocenters. The Bertz CT molecular complexity index is 329. The molecular formula is C9H12ClN3O2. The Morgan fingerprint density at radius 1 is 1.60 bits per heavy atom. The highest BCUT2D eigenvalue weighted by Crippen LogP contribution is 2.01. The summed E-state index contributed by atoms with van der Waals surface area (Å²) in [6, 6.07) is 0. The van der Waals surface area contributed by atoms with Gasteiger partial charge in [0.1, 0.15) is 10.8 Å². The van der Waals surface area contributed by atoms with E-state index in [2.05, 4.69) is 15.3 Å². The van der Waals surface area contributed by atoms with Crippen molar-refractivity contribution in [2.45, 2.75) is 19.4 Å². The van der Waals surface area contributed by atoms with Crippen molar-refractivity contribution in [2.24, 2.45) is 0 Å². The summed E-state index contributed by atoms with van der Waals surface area (Å²) >= 11 is 5.52. The minimum absolute atomic E-state index is 0.183. The van der Waals surface area contributed by atoms with Crippen molar-refractivity contribution in [3.05, 3.63) is 23.2 Å². The molecule has 0 aliphatic rings. The fraction of sp³-hybridized carbons (Fsp3) is 0.444. The predicted octanol–water partition coefficient (Wildman–Crippen LogP) is 0.631. The maximum absolute atomic E-state index is 11.4. The zero-order valence-electron chi connectivity index (χ0n) is 8.27. The lowest BCUT2D eigenvalue weighted by Crippen LogP contribution is -2.32. The number of halogens is 1. The minimum Gasteiger partial charge on any atom is -0.391 e. The number of aliphatic hydroxyl groups excluding tert-OH is 1. The number of hydrogen-bond donors (Lipinski definition) is 2. The second kappa shape index (κ2) is 5.63. The first-order valence-electron chi connectivity index (χ1n) is 4.57. The summed E-state index contributed by atoms with van der Waals surface area (Å²) < 4.78 is 0. The summed E-state index contributed by atoms with van der Waals surface area (Å²) in [4.78, 5) is 18.9. The maximum Gasteiger partial charge on any atom is 0.271 e. The van der Waals surface area contributed by atoms with Gasteiger partial charge >= 0.3 is 0 Å². The number of aliphatic hydroxyl groups is 1. The average molecular weight is 230 g/mol. The molecule has 15 heavy (non-hydrogen) atoms. The van der Waals surface area contributed by atoms with Gasteiger partial charge in [0, 0.05) is 6.54 Å². The number of hydrogen-bond acceptors (Lipinski definition) is 4. The lowest BCUT2D eigenvalue weighted by atomic mass is 10.3. The molecule has 2 N–H and O–H groups in total. The van der Waals surface area contributed by atoms with Crippen LogP contribution in [0.15, 0.2) is 12.4 Å². The van der Waals surface area contributed by atoms with E-state index < -0.39 is 6.10 Å². The fourth-order valence-electron chi connectivity index (χ4n) is 0.875. The molecule has 1 amide bonds. The largest absolute Gasteiger partial charge is 0.391 e. The molecule has 0 fully saturated rings.